The summed E-state index contributed by atoms with van der Waals surface area (Å²) in [7, 11) is -4.75. The summed E-state index contributed by atoms with van der Waals surface area (Å²) in [6, 6.07) is 0. The normalized spacial score (nSPS) is 12.4. The highest BCUT2D eigenvalue weighted by Crippen LogP contribution is 2.36. The molecule has 0 rings (SSSR count). The van der Waals surface area contributed by atoms with E-state index in [1.54, 1.807) is 0 Å². The monoisotopic (exact) mass is 789 g/mol. The number of esters is 2. The molecule has 0 aromatic carbocycles. The van der Waals surface area contributed by atoms with Crippen LogP contribution in [0.25, 0.3) is 0 Å². The first-order valence-electron chi connectivity index (χ1n) is 23.2. The minimum atomic E-state index is -4.75. The first-order chi connectivity index (χ1) is 26.1. The summed E-state index contributed by atoms with van der Waals surface area (Å²) < 4.78 is 26.5. The van der Waals surface area contributed by atoms with Gasteiger partial charge in [0.1, 0.15) is 6.61 Å². The number of ether oxygens (including phenoxy) is 2. The Labute approximate surface area is 334 Å². The third-order valence-electron chi connectivity index (χ3n) is 10.6. The van der Waals surface area contributed by atoms with Gasteiger partial charge >= 0.3 is 19.8 Å². The number of rotatable bonds is 43. The molecule has 0 radical (unpaired) electrons. The van der Waals surface area contributed by atoms with E-state index < -0.39 is 32.5 Å². The summed E-state index contributed by atoms with van der Waals surface area (Å²) in [4.78, 5) is 43.0. The molecule has 0 spiro atoms. The Balaban J connectivity index is 3.81. The third kappa shape index (κ3) is 43.8. The molecule has 0 aliphatic carbocycles. The number of unbranched alkanes of at least 4 members (excludes halogenated alkanes) is 31. The maximum Gasteiger partial charge on any atom is 0.469 e. The van der Waals surface area contributed by atoms with Gasteiger partial charge in [-0.1, -0.05) is 226 Å². The molecular formula is C45H89O8P. The molecule has 0 aliphatic heterocycles. The third-order valence-corrected chi connectivity index (χ3v) is 11.0. The molecule has 8 nitrogen and oxygen atoms in total. The minimum absolute atomic E-state index is 0.219. The number of phosphoric acid groups is 1. The van der Waals surface area contributed by atoms with Gasteiger partial charge in [-0.2, -0.15) is 0 Å². The van der Waals surface area contributed by atoms with Gasteiger partial charge in [0.15, 0.2) is 6.10 Å². The van der Waals surface area contributed by atoms with Gasteiger partial charge in [0.25, 0.3) is 0 Å². The largest absolute Gasteiger partial charge is 0.469 e. The van der Waals surface area contributed by atoms with E-state index in [2.05, 4.69) is 25.3 Å². The van der Waals surface area contributed by atoms with Crippen LogP contribution in [0.4, 0.5) is 0 Å². The molecule has 2 N–H and O–H groups in total. The summed E-state index contributed by atoms with van der Waals surface area (Å²) >= 11 is 0. The van der Waals surface area contributed by atoms with Gasteiger partial charge in [0.2, 0.25) is 0 Å². The van der Waals surface area contributed by atoms with Crippen molar-refractivity contribution in [1.29, 1.82) is 0 Å². The van der Waals surface area contributed by atoms with Crippen LogP contribution in [0.5, 0.6) is 0 Å². The van der Waals surface area contributed by atoms with Crippen molar-refractivity contribution >= 4 is 19.8 Å². The van der Waals surface area contributed by atoms with E-state index in [1.807, 2.05) is 0 Å². The Morgan fingerprint density at radius 2 is 0.778 bits per heavy atom. The maximum atomic E-state index is 12.4. The van der Waals surface area contributed by atoms with Crippen LogP contribution in [0.2, 0.25) is 0 Å². The minimum Gasteiger partial charge on any atom is -0.462 e. The first-order valence-corrected chi connectivity index (χ1v) is 24.7. The molecular weight excluding hydrogens is 699 g/mol. The lowest BCUT2D eigenvalue weighted by Crippen LogP contribution is -2.29. The smallest absolute Gasteiger partial charge is 0.462 e. The van der Waals surface area contributed by atoms with E-state index in [4.69, 9.17) is 19.3 Å². The van der Waals surface area contributed by atoms with E-state index in [1.165, 1.54) is 180 Å². The maximum absolute atomic E-state index is 12.4. The number of hydrogen-bond acceptors (Lipinski definition) is 6. The van der Waals surface area contributed by atoms with Crippen molar-refractivity contribution in [2.24, 2.45) is 5.92 Å². The van der Waals surface area contributed by atoms with Crippen molar-refractivity contribution in [2.45, 2.75) is 258 Å². The molecule has 0 fully saturated rings. The highest BCUT2D eigenvalue weighted by atomic mass is 31.2. The van der Waals surface area contributed by atoms with Crippen LogP contribution in [0.3, 0.4) is 0 Å². The summed E-state index contributed by atoms with van der Waals surface area (Å²) in [5.41, 5.74) is 0. The van der Waals surface area contributed by atoms with Crippen molar-refractivity contribution in [3.05, 3.63) is 0 Å². The molecule has 0 unspecified atom stereocenters. The zero-order valence-corrected chi connectivity index (χ0v) is 36.7. The van der Waals surface area contributed by atoms with Crippen LogP contribution < -0.4 is 0 Å². The molecule has 322 valence electrons. The van der Waals surface area contributed by atoms with Crippen LogP contribution >= 0.6 is 7.82 Å². The van der Waals surface area contributed by atoms with Crippen molar-refractivity contribution in [2.75, 3.05) is 13.2 Å². The fourth-order valence-electron chi connectivity index (χ4n) is 7.09. The van der Waals surface area contributed by atoms with Crippen molar-refractivity contribution < 1.29 is 37.9 Å². The second kappa shape index (κ2) is 40.3. The Hall–Kier alpha value is -0.950. The molecule has 0 saturated carbocycles. The fraction of sp³-hybridized carbons (Fsp3) is 0.956. The van der Waals surface area contributed by atoms with Crippen molar-refractivity contribution in [3.63, 3.8) is 0 Å². The van der Waals surface area contributed by atoms with Crippen LogP contribution in [0.15, 0.2) is 0 Å². The van der Waals surface area contributed by atoms with Crippen molar-refractivity contribution in [3.8, 4) is 0 Å². The number of carbonyl (C=O) groups excluding carboxylic acids is 2. The molecule has 0 aromatic rings. The molecule has 0 aliphatic rings. The number of carbonyl (C=O) groups is 2. The van der Waals surface area contributed by atoms with Gasteiger partial charge in [-0.25, -0.2) is 4.57 Å². The van der Waals surface area contributed by atoms with Gasteiger partial charge in [-0.15, -0.1) is 0 Å². The SMILES string of the molecule is CCCCCCCCCCCCCCCCCCCCCC(=O)OC[C@H](COP(=O)(O)O)OC(=O)CCCCCCCCCCCCCCCCC(C)C. The Kier molecular flexibility index (Phi) is 39.5. The quantitative estimate of drug-likeness (QED) is 0.0356. The van der Waals surface area contributed by atoms with E-state index in [0.717, 1.165) is 38.0 Å². The van der Waals surface area contributed by atoms with Crippen LogP contribution in [0, 0.1) is 5.92 Å². The fourth-order valence-corrected chi connectivity index (χ4v) is 7.45. The molecule has 0 amide bonds. The lowest BCUT2D eigenvalue weighted by Gasteiger charge is -2.18. The summed E-state index contributed by atoms with van der Waals surface area (Å²) in [6.45, 7) is 6.08. The highest BCUT2D eigenvalue weighted by Gasteiger charge is 2.23. The summed E-state index contributed by atoms with van der Waals surface area (Å²) in [5, 5.41) is 0. The molecule has 1 atom stereocenters. The van der Waals surface area contributed by atoms with Crippen LogP contribution in [-0.2, 0) is 28.2 Å². The van der Waals surface area contributed by atoms with E-state index >= 15 is 0 Å². The van der Waals surface area contributed by atoms with Gasteiger partial charge in [0.05, 0.1) is 6.61 Å². The predicted molar refractivity (Wildman–Crippen MR) is 226 cm³/mol. The zero-order valence-electron chi connectivity index (χ0n) is 35.8. The number of hydrogen-bond donors (Lipinski definition) is 2. The average molecular weight is 789 g/mol. The molecule has 0 aromatic heterocycles. The summed E-state index contributed by atoms with van der Waals surface area (Å²) in [6.07, 6.45) is 42.6. The molecule has 9 heteroatoms. The van der Waals surface area contributed by atoms with E-state index in [9.17, 15) is 14.2 Å². The van der Waals surface area contributed by atoms with Crippen LogP contribution in [-0.4, -0.2) is 41.0 Å². The second-order valence-corrected chi connectivity index (χ2v) is 17.8. The predicted octanol–water partition coefficient (Wildman–Crippen LogP) is 14.3. The average Bonchev–Trinajstić information content (AvgIpc) is 3.13. The first kappa shape index (κ1) is 53.0. The van der Waals surface area contributed by atoms with Gasteiger partial charge in [-0.3, -0.25) is 14.1 Å². The molecule has 54 heavy (non-hydrogen) atoms. The highest BCUT2D eigenvalue weighted by molar-refractivity contribution is 7.46. The zero-order chi connectivity index (χ0) is 39.8. The standard InChI is InChI=1S/C45H89O8P/c1-4-5-6-7-8-9-10-11-12-13-14-15-16-20-23-26-29-32-35-38-44(46)51-40-43(41-52-54(48,49)50)53-45(47)39-36-33-30-27-24-21-18-17-19-22-25-28-31-34-37-42(2)3/h42-43H,4-41H2,1-3H3,(H2,48,49,50)/t43-/m1/s1. The van der Waals surface area contributed by atoms with E-state index in [-0.39, 0.29) is 19.4 Å². The van der Waals surface area contributed by atoms with Gasteiger partial charge < -0.3 is 19.3 Å². The Bertz CT molecular complexity index is 861. The van der Waals surface area contributed by atoms with Gasteiger partial charge in [-0.05, 0) is 18.8 Å². The van der Waals surface area contributed by atoms with Crippen LogP contribution in [0.1, 0.15) is 252 Å². The summed E-state index contributed by atoms with van der Waals surface area (Å²) in [5.74, 6) is -0.0345. The molecule has 0 bridgehead atoms. The molecule has 0 saturated heterocycles. The van der Waals surface area contributed by atoms with E-state index in [0.29, 0.717) is 6.42 Å². The lowest BCUT2D eigenvalue weighted by molar-refractivity contribution is -0.161. The van der Waals surface area contributed by atoms with Crippen molar-refractivity contribution in [1.82, 2.24) is 0 Å². The molecule has 0 heterocycles. The topological polar surface area (TPSA) is 119 Å². The van der Waals surface area contributed by atoms with Gasteiger partial charge in [0, 0.05) is 12.8 Å². The second-order valence-electron chi connectivity index (χ2n) is 16.6. The Morgan fingerprint density at radius 3 is 1.11 bits per heavy atom. The Morgan fingerprint density at radius 1 is 0.463 bits per heavy atom. The lowest BCUT2D eigenvalue weighted by atomic mass is 10.0. The number of phosphoric ester groups is 1.